The number of ether oxygens (including phenoxy) is 1. The third-order valence-electron chi connectivity index (χ3n) is 5.56. The minimum absolute atomic E-state index is 0.128. The van der Waals surface area contributed by atoms with Gasteiger partial charge in [-0.3, -0.25) is 19.3 Å². The number of benzene rings is 1. The van der Waals surface area contributed by atoms with Crippen LogP contribution in [0.3, 0.4) is 0 Å². The Balaban J connectivity index is 1.70. The maximum atomic E-state index is 12.6. The van der Waals surface area contributed by atoms with E-state index in [1.54, 1.807) is 0 Å². The van der Waals surface area contributed by atoms with E-state index >= 15 is 0 Å². The Bertz CT molecular complexity index is 713. The molecule has 1 amide bonds. The summed E-state index contributed by atoms with van der Waals surface area (Å²) >= 11 is 0. The van der Waals surface area contributed by atoms with Crippen LogP contribution in [0.25, 0.3) is 0 Å². The SMILES string of the molecule is COC(=O)CCCN1CCN(C(=O)CCCC(=O)c2c(C)cc(C)cc2C)CC1. The Morgan fingerprint density at radius 3 is 2.10 bits per heavy atom. The van der Waals surface area contributed by atoms with Crippen molar-refractivity contribution in [2.45, 2.75) is 52.9 Å². The summed E-state index contributed by atoms with van der Waals surface area (Å²) in [4.78, 5) is 40.4. The van der Waals surface area contributed by atoms with Crippen LogP contribution < -0.4 is 0 Å². The Labute approximate surface area is 174 Å². The third-order valence-corrected chi connectivity index (χ3v) is 5.56. The van der Waals surface area contributed by atoms with Gasteiger partial charge in [0.05, 0.1) is 7.11 Å². The molecule has 0 radical (unpaired) electrons. The highest BCUT2D eigenvalue weighted by Gasteiger charge is 2.21. The number of esters is 1. The maximum absolute atomic E-state index is 12.6. The number of carbonyl (C=O) groups excluding carboxylic acids is 3. The number of amides is 1. The minimum atomic E-state index is -0.176. The Kier molecular flexibility index (Phi) is 8.83. The van der Waals surface area contributed by atoms with Gasteiger partial charge < -0.3 is 9.64 Å². The second-order valence-corrected chi connectivity index (χ2v) is 7.95. The van der Waals surface area contributed by atoms with Crippen LogP contribution in [0.2, 0.25) is 0 Å². The van der Waals surface area contributed by atoms with Gasteiger partial charge in [0.15, 0.2) is 5.78 Å². The fraction of sp³-hybridized carbons (Fsp3) is 0.609. The highest BCUT2D eigenvalue weighted by Crippen LogP contribution is 2.19. The average molecular weight is 403 g/mol. The molecule has 1 aliphatic rings. The fourth-order valence-electron chi connectivity index (χ4n) is 4.07. The Hall–Kier alpha value is -2.21. The highest BCUT2D eigenvalue weighted by molar-refractivity contribution is 5.99. The first-order valence-electron chi connectivity index (χ1n) is 10.5. The second kappa shape index (κ2) is 11.1. The van der Waals surface area contributed by atoms with Crippen LogP contribution in [0, 0.1) is 20.8 Å². The van der Waals surface area contributed by atoms with E-state index in [2.05, 4.69) is 9.64 Å². The monoisotopic (exact) mass is 402 g/mol. The van der Waals surface area contributed by atoms with E-state index in [1.165, 1.54) is 7.11 Å². The summed E-state index contributed by atoms with van der Waals surface area (Å²) in [5.74, 6) is 0.0805. The predicted octanol–water partition coefficient (Wildman–Crippen LogP) is 3.06. The van der Waals surface area contributed by atoms with Gasteiger partial charge in [0.2, 0.25) is 5.91 Å². The van der Waals surface area contributed by atoms with Crippen molar-refractivity contribution in [3.05, 3.63) is 34.4 Å². The molecule has 0 N–H and O–H groups in total. The van der Waals surface area contributed by atoms with Crippen molar-refractivity contribution in [2.24, 2.45) is 0 Å². The number of piperazine rings is 1. The minimum Gasteiger partial charge on any atom is -0.469 e. The van der Waals surface area contributed by atoms with Crippen LogP contribution in [0.1, 0.15) is 59.2 Å². The lowest BCUT2D eigenvalue weighted by Gasteiger charge is -2.34. The van der Waals surface area contributed by atoms with Gasteiger partial charge in [-0.25, -0.2) is 0 Å². The molecule has 0 aromatic heterocycles. The molecule has 1 heterocycles. The molecule has 29 heavy (non-hydrogen) atoms. The summed E-state index contributed by atoms with van der Waals surface area (Å²) in [6.45, 7) is 9.91. The number of ketones is 1. The first-order chi connectivity index (χ1) is 13.8. The zero-order chi connectivity index (χ0) is 21.4. The number of aryl methyl sites for hydroxylation is 3. The molecule has 6 heteroatoms. The lowest BCUT2D eigenvalue weighted by Crippen LogP contribution is -2.48. The van der Waals surface area contributed by atoms with Gasteiger partial charge in [0, 0.05) is 51.0 Å². The second-order valence-electron chi connectivity index (χ2n) is 7.95. The van der Waals surface area contributed by atoms with Crippen LogP contribution in [0.4, 0.5) is 0 Å². The zero-order valence-corrected chi connectivity index (χ0v) is 18.3. The summed E-state index contributed by atoms with van der Waals surface area (Å²) in [5.41, 5.74) is 4.00. The summed E-state index contributed by atoms with van der Waals surface area (Å²) in [5, 5.41) is 0. The summed E-state index contributed by atoms with van der Waals surface area (Å²) in [6.07, 6.45) is 2.62. The molecule has 0 saturated carbocycles. The standard InChI is InChI=1S/C23H34N2O4/c1-17-15-18(2)23(19(3)16-17)20(26)7-5-8-21(27)25-13-11-24(12-14-25)10-6-9-22(28)29-4/h15-16H,5-14H2,1-4H3. The maximum Gasteiger partial charge on any atom is 0.305 e. The molecule has 0 unspecified atom stereocenters. The molecule has 1 saturated heterocycles. The zero-order valence-electron chi connectivity index (χ0n) is 18.3. The molecule has 0 aliphatic carbocycles. The predicted molar refractivity (Wildman–Crippen MR) is 113 cm³/mol. The van der Waals surface area contributed by atoms with Crippen LogP contribution in [-0.4, -0.2) is 67.3 Å². The van der Waals surface area contributed by atoms with Crippen molar-refractivity contribution < 1.29 is 19.1 Å². The van der Waals surface area contributed by atoms with Crippen molar-refractivity contribution in [3.63, 3.8) is 0 Å². The smallest absolute Gasteiger partial charge is 0.305 e. The number of nitrogens with zero attached hydrogens (tertiary/aromatic N) is 2. The largest absolute Gasteiger partial charge is 0.469 e. The number of hydrogen-bond acceptors (Lipinski definition) is 5. The van der Waals surface area contributed by atoms with E-state index in [0.29, 0.717) is 38.8 Å². The Morgan fingerprint density at radius 1 is 0.897 bits per heavy atom. The van der Waals surface area contributed by atoms with Gasteiger partial charge in [-0.2, -0.15) is 0 Å². The van der Waals surface area contributed by atoms with Crippen LogP contribution in [0.15, 0.2) is 12.1 Å². The van der Waals surface area contributed by atoms with Gasteiger partial charge in [0.1, 0.15) is 0 Å². The highest BCUT2D eigenvalue weighted by atomic mass is 16.5. The van der Waals surface area contributed by atoms with Crippen LogP contribution >= 0.6 is 0 Å². The van der Waals surface area contributed by atoms with Crippen molar-refractivity contribution in [1.29, 1.82) is 0 Å². The molecule has 0 bridgehead atoms. The van der Waals surface area contributed by atoms with E-state index in [4.69, 9.17) is 0 Å². The van der Waals surface area contributed by atoms with Gasteiger partial charge in [-0.05, 0) is 51.3 Å². The van der Waals surface area contributed by atoms with E-state index < -0.39 is 0 Å². The van der Waals surface area contributed by atoms with Crippen molar-refractivity contribution >= 4 is 17.7 Å². The molecule has 1 aliphatic heterocycles. The molecule has 2 rings (SSSR count). The number of rotatable bonds is 9. The van der Waals surface area contributed by atoms with Gasteiger partial charge in [-0.15, -0.1) is 0 Å². The summed E-state index contributed by atoms with van der Waals surface area (Å²) in [7, 11) is 1.41. The lowest BCUT2D eigenvalue weighted by molar-refractivity contribution is -0.140. The summed E-state index contributed by atoms with van der Waals surface area (Å²) < 4.78 is 4.65. The molecule has 1 fully saturated rings. The van der Waals surface area contributed by atoms with Crippen LogP contribution in [0.5, 0.6) is 0 Å². The fourth-order valence-corrected chi connectivity index (χ4v) is 4.07. The van der Waals surface area contributed by atoms with E-state index in [0.717, 1.165) is 48.3 Å². The molecule has 0 spiro atoms. The quantitative estimate of drug-likeness (QED) is 0.469. The first kappa shape index (κ1) is 23.1. The first-order valence-corrected chi connectivity index (χ1v) is 10.5. The van der Waals surface area contributed by atoms with Gasteiger partial charge in [0.25, 0.3) is 0 Å². The normalized spacial score (nSPS) is 14.7. The lowest BCUT2D eigenvalue weighted by atomic mass is 9.94. The van der Waals surface area contributed by atoms with Crippen molar-refractivity contribution in [2.75, 3.05) is 39.8 Å². The number of carbonyl (C=O) groups is 3. The molecular weight excluding hydrogens is 368 g/mol. The number of Topliss-reactive ketones (excluding diaryl/α,β-unsaturated/α-hetero) is 1. The molecule has 160 valence electrons. The average Bonchev–Trinajstić information content (AvgIpc) is 2.67. The summed E-state index contributed by atoms with van der Waals surface area (Å²) in [6, 6.07) is 4.08. The molecule has 0 atom stereocenters. The van der Waals surface area contributed by atoms with Crippen LogP contribution in [-0.2, 0) is 14.3 Å². The van der Waals surface area contributed by atoms with Gasteiger partial charge >= 0.3 is 5.97 Å². The molecule has 1 aromatic rings. The Morgan fingerprint density at radius 2 is 1.52 bits per heavy atom. The molecule has 6 nitrogen and oxygen atoms in total. The van der Waals surface area contributed by atoms with Gasteiger partial charge in [-0.1, -0.05) is 17.7 Å². The topological polar surface area (TPSA) is 66.9 Å². The number of hydrogen-bond donors (Lipinski definition) is 0. The van der Waals surface area contributed by atoms with E-state index in [-0.39, 0.29) is 17.7 Å². The van der Waals surface area contributed by atoms with Crippen molar-refractivity contribution in [3.8, 4) is 0 Å². The van der Waals surface area contributed by atoms with E-state index in [1.807, 2.05) is 37.8 Å². The number of methoxy groups -OCH3 is 1. The van der Waals surface area contributed by atoms with Crippen molar-refractivity contribution in [1.82, 2.24) is 9.80 Å². The molecular formula is C23H34N2O4. The molecule has 1 aromatic carbocycles. The van der Waals surface area contributed by atoms with E-state index in [9.17, 15) is 14.4 Å². The third kappa shape index (κ3) is 6.96.